The maximum atomic E-state index is 12.2. The Balaban J connectivity index is 1.71. The van der Waals surface area contributed by atoms with Crippen molar-refractivity contribution in [3.8, 4) is 17.2 Å². The van der Waals surface area contributed by atoms with Crippen LogP contribution < -0.4 is 10.1 Å². The number of aromatic nitrogens is 1. The Hall–Kier alpha value is -2.83. The molecule has 7 nitrogen and oxygen atoms in total. The molecule has 1 aliphatic heterocycles. The molecule has 1 saturated heterocycles. The summed E-state index contributed by atoms with van der Waals surface area (Å²) in [5, 5.41) is 2.69. The van der Waals surface area contributed by atoms with Crippen LogP contribution in [0, 0.1) is 0 Å². The number of methoxy groups -OCH3 is 1. The van der Waals surface area contributed by atoms with E-state index in [2.05, 4.69) is 10.3 Å². The van der Waals surface area contributed by atoms with Crippen LogP contribution in [0.15, 0.2) is 34.9 Å². The van der Waals surface area contributed by atoms with Crippen molar-refractivity contribution in [1.82, 2.24) is 15.2 Å². The van der Waals surface area contributed by atoms with Crippen molar-refractivity contribution < 1.29 is 18.7 Å². The molecule has 0 bridgehead atoms. The molecule has 1 atom stereocenters. The van der Waals surface area contributed by atoms with Crippen LogP contribution in [-0.2, 0) is 11.3 Å². The summed E-state index contributed by atoms with van der Waals surface area (Å²) in [6.45, 7) is 2.07. The molecule has 2 aromatic rings. The molecule has 1 aromatic carbocycles. The van der Waals surface area contributed by atoms with Crippen molar-refractivity contribution in [3.05, 3.63) is 36.2 Å². The van der Waals surface area contributed by atoms with Gasteiger partial charge in [-0.3, -0.25) is 9.69 Å². The van der Waals surface area contributed by atoms with Crippen LogP contribution >= 0.6 is 0 Å². The van der Waals surface area contributed by atoms with Crippen molar-refractivity contribution in [2.45, 2.75) is 32.4 Å². The minimum atomic E-state index is -0.435. The first-order valence-corrected chi connectivity index (χ1v) is 7.83. The van der Waals surface area contributed by atoms with E-state index in [-0.39, 0.29) is 18.5 Å². The van der Waals surface area contributed by atoms with E-state index in [1.165, 1.54) is 11.2 Å². The fourth-order valence-corrected chi connectivity index (χ4v) is 2.62. The first-order valence-electron chi connectivity index (χ1n) is 7.83. The molecule has 0 aliphatic carbocycles. The summed E-state index contributed by atoms with van der Waals surface area (Å²) in [5.74, 6) is 0.965. The molecule has 126 valence electrons. The Morgan fingerprint density at radius 1 is 1.29 bits per heavy atom. The molecule has 1 N–H and O–H groups in total. The number of rotatable bonds is 6. The SMILES string of the molecule is CCCC1NC(=O)N(Cc2coc(-c3ccc(OC)cc3)n2)C1=O. The van der Waals surface area contributed by atoms with Crippen LogP contribution in [0.2, 0.25) is 0 Å². The zero-order chi connectivity index (χ0) is 17.1. The molecule has 1 aromatic heterocycles. The molecule has 3 rings (SSSR count). The Kier molecular flexibility index (Phi) is 4.50. The predicted molar refractivity (Wildman–Crippen MR) is 86.3 cm³/mol. The lowest BCUT2D eigenvalue weighted by atomic mass is 10.2. The normalized spacial score (nSPS) is 17.2. The van der Waals surface area contributed by atoms with E-state index in [0.717, 1.165) is 17.7 Å². The highest BCUT2D eigenvalue weighted by Gasteiger charge is 2.37. The number of oxazole rings is 1. The van der Waals surface area contributed by atoms with Gasteiger partial charge in [-0.15, -0.1) is 0 Å². The molecule has 0 spiro atoms. The maximum Gasteiger partial charge on any atom is 0.325 e. The molecule has 1 unspecified atom stereocenters. The number of hydrogen-bond acceptors (Lipinski definition) is 5. The number of imide groups is 1. The number of nitrogens with one attached hydrogen (secondary N) is 1. The fraction of sp³-hybridized carbons (Fsp3) is 0.353. The van der Waals surface area contributed by atoms with E-state index in [1.807, 2.05) is 31.2 Å². The minimum Gasteiger partial charge on any atom is -0.497 e. The Morgan fingerprint density at radius 2 is 2.04 bits per heavy atom. The average molecular weight is 329 g/mol. The third kappa shape index (κ3) is 3.10. The van der Waals surface area contributed by atoms with Crippen LogP contribution in [0.5, 0.6) is 5.75 Å². The summed E-state index contributed by atoms with van der Waals surface area (Å²) in [6, 6.07) is 6.47. The Labute approximate surface area is 139 Å². The number of carbonyl (C=O) groups excluding carboxylic acids is 2. The summed E-state index contributed by atoms with van der Waals surface area (Å²) in [6.07, 6.45) is 2.93. The lowest BCUT2D eigenvalue weighted by molar-refractivity contribution is -0.128. The second-order valence-electron chi connectivity index (χ2n) is 5.59. The molecule has 1 fully saturated rings. The number of benzene rings is 1. The number of ether oxygens (including phenoxy) is 1. The maximum absolute atomic E-state index is 12.2. The van der Waals surface area contributed by atoms with Gasteiger partial charge in [0.05, 0.1) is 19.3 Å². The molecule has 3 amide bonds. The van der Waals surface area contributed by atoms with Crippen LogP contribution in [0.4, 0.5) is 4.79 Å². The van der Waals surface area contributed by atoms with Crippen LogP contribution in [0.3, 0.4) is 0 Å². The van der Waals surface area contributed by atoms with Crippen molar-refractivity contribution in [2.24, 2.45) is 0 Å². The highest BCUT2D eigenvalue weighted by atomic mass is 16.5. The van der Waals surface area contributed by atoms with E-state index < -0.39 is 6.04 Å². The quantitative estimate of drug-likeness (QED) is 0.823. The summed E-state index contributed by atoms with van der Waals surface area (Å²) in [4.78, 5) is 29.7. The van der Waals surface area contributed by atoms with Gasteiger partial charge in [0, 0.05) is 5.56 Å². The smallest absolute Gasteiger partial charge is 0.325 e. The second kappa shape index (κ2) is 6.74. The third-order valence-electron chi connectivity index (χ3n) is 3.89. The van der Waals surface area contributed by atoms with Crippen LogP contribution in [0.25, 0.3) is 11.5 Å². The van der Waals surface area contributed by atoms with Gasteiger partial charge >= 0.3 is 6.03 Å². The first kappa shape index (κ1) is 16.0. The van der Waals surface area contributed by atoms with Crippen LogP contribution in [0.1, 0.15) is 25.5 Å². The van der Waals surface area contributed by atoms with Gasteiger partial charge in [0.25, 0.3) is 5.91 Å². The van der Waals surface area contributed by atoms with Gasteiger partial charge in [-0.2, -0.15) is 0 Å². The molecule has 2 heterocycles. The monoisotopic (exact) mass is 329 g/mol. The molecule has 0 saturated carbocycles. The lowest BCUT2D eigenvalue weighted by Gasteiger charge is -2.10. The zero-order valence-corrected chi connectivity index (χ0v) is 13.6. The molecule has 1 aliphatic rings. The van der Waals surface area contributed by atoms with Gasteiger partial charge in [-0.1, -0.05) is 13.3 Å². The average Bonchev–Trinajstić information content (AvgIpc) is 3.16. The number of urea groups is 1. The largest absolute Gasteiger partial charge is 0.497 e. The van der Waals surface area contributed by atoms with E-state index in [4.69, 9.17) is 9.15 Å². The highest BCUT2D eigenvalue weighted by Crippen LogP contribution is 2.23. The molecular formula is C17H19N3O4. The highest BCUT2D eigenvalue weighted by molar-refractivity contribution is 6.04. The van der Waals surface area contributed by atoms with Crippen molar-refractivity contribution in [2.75, 3.05) is 7.11 Å². The fourth-order valence-electron chi connectivity index (χ4n) is 2.62. The molecule has 24 heavy (non-hydrogen) atoms. The Morgan fingerprint density at radius 3 is 2.71 bits per heavy atom. The standard InChI is InChI=1S/C17H19N3O4/c1-3-4-14-16(21)20(17(22)19-14)9-12-10-24-15(18-12)11-5-7-13(23-2)8-6-11/h5-8,10,14H,3-4,9H2,1-2H3,(H,19,22). The van der Waals surface area contributed by atoms with Gasteiger partial charge in [0.2, 0.25) is 5.89 Å². The summed E-state index contributed by atoms with van der Waals surface area (Å²) < 4.78 is 10.6. The van der Waals surface area contributed by atoms with Gasteiger partial charge in [0.15, 0.2) is 0 Å². The minimum absolute atomic E-state index is 0.102. The first-order chi connectivity index (χ1) is 11.6. The summed E-state index contributed by atoms with van der Waals surface area (Å²) in [5.41, 5.74) is 1.32. The van der Waals surface area contributed by atoms with E-state index in [9.17, 15) is 9.59 Å². The van der Waals surface area contributed by atoms with Gasteiger partial charge in [0.1, 0.15) is 18.1 Å². The predicted octanol–water partition coefficient (Wildman–Crippen LogP) is 2.57. The van der Waals surface area contributed by atoms with Gasteiger partial charge in [-0.05, 0) is 30.7 Å². The zero-order valence-electron chi connectivity index (χ0n) is 13.6. The summed E-state index contributed by atoms with van der Waals surface area (Å²) in [7, 11) is 1.60. The Bertz CT molecular complexity index is 739. The van der Waals surface area contributed by atoms with E-state index in [1.54, 1.807) is 7.11 Å². The van der Waals surface area contributed by atoms with Crippen LogP contribution in [-0.4, -0.2) is 35.0 Å². The third-order valence-corrected chi connectivity index (χ3v) is 3.89. The van der Waals surface area contributed by atoms with Crippen molar-refractivity contribution in [3.63, 3.8) is 0 Å². The van der Waals surface area contributed by atoms with Crippen molar-refractivity contribution in [1.29, 1.82) is 0 Å². The number of nitrogens with zero attached hydrogens (tertiary/aromatic N) is 2. The lowest BCUT2D eigenvalue weighted by Crippen LogP contribution is -2.31. The van der Waals surface area contributed by atoms with E-state index in [0.29, 0.717) is 18.0 Å². The number of amides is 3. The molecule has 0 radical (unpaired) electrons. The number of hydrogen-bond donors (Lipinski definition) is 1. The topological polar surface area (TPSA) is 84.7 Å². The molecular weight excluding hydrogens is 310 g/mol. The number of carbonyl (C=O) groups is 2. The van der Waals surface area contributed by atoms with Gasteiger partial charge in [-0.25, -0.2) is 9.78 Å². The summed E-state index contributed by atoms with van der Waals surface area (Å²) >= 11 is 0. The van der Waals surface area contributed by atoms with Gasteiger partial charge < -0.3 is 14.5 Å². The van der Waals surface area contributed by atoms with E-state index >= 15 is 0 Å². The second-order valence-corrected chi connectivity index (χ2v) is 5.59. The molecule has 7 heteroatoms. The van der Waals surface area contributed by atoms with Crippen molar-refractivity contribution >= 4 is 11.9 Å².